The Hall–Kier alpha value is -1.95. The Morgan fingerprint density at radius 2 is 1.96 bits per heavy atom. The van der Waals surface area contributed by atoms with Crippen molar-refractivity contribution in [2.45, 2.75) is 38.6 Å². The third-order valence-electron chi connectivity index (χ3n) is 5.34. The van der Waals surface area contributed by atoms with Crippen LogP contribution in [0, 0.1) is 5.41 Å². The Kier molecular flexibility index (Phi) is 4.22. The van der Waals surface area contributed by atoms with E-state index in [9.17, 15) is 4.79 Å². The van der Waals surface area contributed by atoms with Crippen molar-refractivity contribution < 1.29 is 4.79 Å². The normalized spacial score (nSPS) is 20.2. The number of fused-ring (bicyclic) bond motifs is 1. The van der Waals surface area contributed by atoms with Gasteiger partial charge in [0.25, 0.3) is 0 Å². The molecule has 1 amide bonds. The minimum Gasteiger partial charge on any atom is -0.354 e. The molecule has 1 N–H and O–H groups in total. The highest BCUT2D eigenvalue weighted by Gasteiger charge is 2.44. The van der Waals surface area contributed by atoms with E-state index >= 15 is 0 Å². The van der Waals surface area contributed by atoms with Crippen molar-refractivity contribution in [3.05, 3.63) is 24.3 Å². The van der Waals surface area contributed by atoms with Crippen molar-refractivity contribution in [1.82, 2.24) is 25.2 Å². The van der Waals surface area contributed by atoms with E-state index in [0.29, 0.717) is 5.41 Å². The Bertz CT molecular complexity index is 715. The van der Waals surface area contributed by atoms with Crippen LogP contribution in [0.1, 0.15) is 32.1 Å². The van der Waals surface area contributed by atoms with E-state index in [-0.39, 0.29) is 12.5 Å². The van der Waals surface area contributed by atoms with Gasteiger partial charge in [0.1, 0.15) is 12.1 Å². The maximum atomic E-state index is 12.3. The van der Waals surface area contributed by atoms with Crippen molar-refractivity contribution in [2.75, 3.05) is 26.2 Å². The lowest BCUT2D eigenvalue weighted by molar-refractivity contribution is -0.122. The predicted molar refractivity (Wildman–Crippen MR) is 92.5 cm³/mol. The van der Waals surface area contributed by atoms with Crippen molar-refractivity contribution >= 4 is 16.9 Å². The smallest absolute Gasteiger partial charge is 0.241 e. The third kappa shape index (κ3) is 3.43. The van der Waals surface area contributed by atoms with E-state index in [4.69, 9.17) is 0 Å². The fraction of sp³-hybridized carbons (Fsp3) is 0.611. The second-order valence-electron chi connectivity index (χ2n) is 7.35. The second-order valence-corrected chi connectivity index (χ2v) is 7.35. The number of carbonyl (C=O) groups excluding carboxylic acids is 1. The number of carbonyl (C=O) groups is 1. The van der Waals surface area contributed by atoms with E-state index in [1.165, 1.54) is 45.2 Å². The van der Waals surface area contributed by atoms with Gasteiger partial charge in [0.05, 0.1) is 5.52 Å². The minimum absolute atomic E-state index is 0.0237. The maximum absolute atomic E-state index is 12.3. The fourth-order valence-electron chi connectivity index (χ4n) is 3.67. The summed E-state index contributed by atoms with van der Waals surface area (Å²) in [4.78, 5) is 14.9. The van der Waals surface area contributed by atoms with E-state index in [1.807, 2.05) is 24.3 Å². The Morgan fingerprint density at radius 3 is 2.75 bits per heavy atom. The molecule has 1 aromatic carbocycles. The van der Waals surface area contributed by atoms with Gasteiger partial charge in [-0.3, -0.25) is 4.79 Å². The Balaban J connectivity index is 1.30. The molecule has 0 bridgehead atoms. The molecule has 1 saturated heterocycles. The van der Waals surface area contributed by atoms with Crippen LogP contribution >= 0.6 is 0 Å². The van der Waals surface area contributed by atoms with Gasteiger partial charge in [0.15, 0.2) is 0 Å². The number of amides is 1. The summed E-state index contributed by atoms with van der Waals surface area (Å²) in [7, 11) is 0. The summed E-state index contributed by atoms with van der Waals surface area (Å²) in [5, 5.41) is 11.3. The summed E-state index contributed by atoms with van der Waals surface area (Å²) in [5.74, 6) is 0.0237. The minimum atomic E-state index is 0.0237. The molecule has 24 heavy (non-hydrogen) atoms. The number of piperidine rings is 1. The van der Waals surface area contributed by atoms with Gasteiger partial charge in [-0.05, 0) is 50.9 Å². The number of benzene rings is 1. The first-order valence-corrected chi connectivity index (χ1v) is 9.01. The molecule has 128 valence electrons. The fourth-order valence-corrected chi connectivity index (χ4v) is 3.67. The third-order valence-corrected chi connectivity index (χ3v) is 5.34. The summed E-state index contributed by atoms with van der Waals surface area (Å²) >= 11 is 0. The van der Waals surface area contributed by atoms with Gasteiger partial charge < -0.3 is 10.2 Å². The highest BCUT2D eigenvalue weighted by molar-refractivity contribution is 5.79. The number of hydrogen-bond acceptors (Lipinski definition) is 4. The zero-order valence-electron chi connectivity index (χ0n) is 14.1. The molecule has 1 aromatic heterocycles. The predicted octanol–water partition coefficient (Wildman–Crippen LogP) is 1.81. The van der Waals surface area contributed by atoms with Gasteiger partial charge in [-0.1, -0.05) is 23.8 Å². The summed E-state index contributed by atoms with van der Waals surface area (Å²) in [6.45, 7) is 4.61. The highest BCUT2D eigenvalue weighted by Crippen LogP contribution is 2.45. The van der Waals surface area contributed by atoms with Gasteiger partial charge in [0.2, 0.25) is 5.91 Å². The number of nitrogens with one attached hydrogen (secondary N) is 1. The van der Waals surface area contributed by atoms with E-state index in [2.05, 4.69) is 20.5 Å². The monoisotopic (exact) mass is 327 g/mol. The molecule has 0 unspecified atom stereocenters. The topological polar surface area (TPSA) is 63.1 Å². The van der Waals surface area contributed by atoms with Crippen molar-refractivity contribution in [1.29, 1.82) is 0 Å². The molecule has 6 heteroatoms. The van der Waals surface area contributed by atoms with Gasteiger partial charge >= 0.3 is 0 Å². The van der Waals surface area contributed by atoms with Crippen molar-refractivity contribution in [3.8, 4) is 0 Å². The molecular weight excluding hydrogens is 302 g/mol. The van der Waals surface area contributed by atoms with Crippen LogP contribution in [0.3, 0.4) is 0 Å². The average molecular weight is 327 g/mol. The van der Waals surface area contributed by atoms with E-state index in [1.54, 1.807) is 4.68 Å². The number of rotatable bonds is 6. The molecule has 1 saturated carbocycles. The Morgan fingerprint density at radius 1 is 1.17 bits per heavy atom. The number of likely N-dealkylation sites (tertiary alicyclic amines) is 1. The number of aromatic nitrogens is 3. The van der Waals surface area contributed by atoms with E-state index in [0.717, 1.165) is 24.1 Å². The van der Waals surface area contributed by atoms with Gasteiger partial charge in [-0.25, -0.2) is 4.68 Å². The van der Waals surface area contributed by atoms with Crippen LogP contribution in [0.5, 0.6) is 0 Å². The highest BCUT2D eigenvalue weighted by atomic mass is 16.2. The summed E-state index contributed by atoms with van der Waals surface area (Å²) in [6.07, 6.45) is 6.47. The van der Waals surface area contributed by atoms with Gasteiger partial charge in [-0.15, -0.1) is 5.10 Å². The van der Waals surface area contributed by atoms with Crippen LogP contribution in [-0.4, -0.2) is 52.0 Å². The Labute approximate surface area is 142 Å². The zero-order valence-corrected chi connectivity index (χ0v) is 14.1. The van der Waals surface area contributed by atoms with Crippen LogP contribution in [0.4, 0.5) is 0 Å². The molecule has 2 heterocycles. The first-order chi connectivity index (χ1) is 11.7. The van der Waals surface area contributed by atoms with Crippen LogP contribution in [0.2, 0.25) is 0 Å². The summed E-state index contributed by atoms with van der Waals surface area (Å²) in [6, 6.07) is 7.73. The molecule has 0 radical (unpaired) electrons. The quantitative estimate of drug-likeness (QED) is 0.879. The number of hydrogen-bond donors (Lipinski definition) is 1. The van der Waals surface area contributed by atoms with Crippen molar-refractivity contribution in [3.63, 3.8) is 0 Å². The molecule has 2 aliphatic rings. The van der Waals surface area contributed by atoms with E-state index < -0.39 is 0 Å². The summed E-state index contributed by atoms with van der Waals surface area (Å²) < 4.78 is 1.68. The molecule has 2 fully saturated rings. The molecule has 0 spiro atoms. The molecule has 0 atom stereocenters. The molecule has 4 rings (SSSR count). The van der Waals surface area contributed by atoms with Crippen LogP contribution < -0.4 is 5.32 Å². The number of nitrogens with zero attached hydrogens (tertiary/aromatic N) is 4. The van der Waals surface area contributed by atoms with Crippen LogP contribution in [0.25, 0.3) is 11.0 Å². The van der Waals surface area contributed by atoms with Gasteiger partial charge in [-0.2, -0.15) is 0 Å². The molecule has 1 aliphatic heterocycles. The van der Waals surface area contributed by atoms with Crippen LogP contribution in [-0.2, 0) is 11.3 Å². The maximum Gasteiger partial charge on any atom is 0.241 e. The van der Waals surface area contributed by atoms with Crippen molar-refractivity contribution in [2.24, 2.45) is 5.41 Å². The molecule has 2 aromatic rings. The standard InChI is InChI=1S/C18H25N5O/c24-17(12-23-16-7-3-2-6-15(16)20-21-23)19-13-18(8-9-18)14-22-10-4-1-5-11-22/h2-3,6-7H,1,4-5,8-14H2,(H,19,24). The SMILES string of the molecule is O=C(Cn1nnc2ccccc21)NCC1(CN2CCCCC2)CC1. The lowest BCUT2D eigenvalue weighted by atomic mass is 10.0. The second kappa shape index (κ2) is 6.51. The first kappa shape index (κ1) is 15.6. The largest absolute Gasteiger partial charge is 0.354 e. The summed E-state index contributed by atoms with van der Waals surface area (Å²) in [5.41, 5.74) is 2.05. The lowest BCUT2D eigenvalue weighted by Gasteiger charge is -2.30. The first-order valence-electron chi connectivity index (χ1n) is 9.01. The number of para-hydroxylation sites is 1. The molecular formula is C18H25N5O. The van der Waals surface area contributed by atoms with Gasteiger partial charge in [0, 0.05) is 18.5 Å². The molecule has 1 aliphatic carbocycles. The lowest BCUT2D eigenvalue weighted by Crippen LogP contribution is -2.41. The average Bonchev–Trinajstić information content (AvgIpc) is 3.26. The zero-order chi connectivity index (χ0) is 16.4. The van der Waals surface area contributed by atoms with Crippen LogP contribution in [0.15, 0.2) is 24.3 Å². The molecule has 6 nitrogen and oxygen atoms in total.